The molecule has 1 atom stereocenters. The number of nitrogens with one attached hydrogen (secondary N) is 2. The molecule has 0 saturated carbocycles. The quantitative estimate of drug-likeness (QED) is 0.325. The van der Waals surface area contributed by atoms with E-state index in [9.17, 15) is 22.0 Å². The number of halogens is 6. The summed E-state index contributed by atoms with van der Waals surface area (Å²) < 4.78 is 75.2. The standard InChI is InChI=1S/C17H16ClF5N6O/c1-8(17(21,22)23)27-15-13(14(18)28-16-25-7-26-29(15)16)12-10(19)5-9(6-11(12)20)30-4-3-24-2/h5-8,24,27H,3-4H2,1-2H3/t8-/m1/s1. The van der Waals surface area contributed by atoms with Gasteiger partial charge in [-0.2, -0.15) is 32.8 Å². The van der Waals surface area contributed by atoms with Crippen LogP contribution in [0.25, 0.3) is 16.9 Å². The minimum atomic E-state index is -4.65. The maximum absolute atomic E-state index is 14.8. The molecule has 0 aliphatic heterocycles. The van der Waals surface area contributed by atoms with Gasteiger partial charge in [0.2, 0.25) is 0 Å². The maximum Gasteiger partial charge on any atom is 0.408 e. The average molecular weight is 451 g/mol. The van der Waals surface area contributed by atoms with Crippen LogP contribution < -0.4 is 15.4 Å². The van der Waals surface area contributed by atoms with E-state index in [1.165, 1.54) is 0 Å². The third kappa shape index (κ3) is 4.38. The van der Waals surface area contributed by atoms with Crippen LogP contribution in [0.4, 0.5) is 27.8 Å². The number of nitrogens with zero attached hydrogens (tertiary/aromatic N) is 4. The number of ether oxygens (including phenoxy) is 1. The second kappa shape index (κ2) is 8.56. The van der Waals surface area contributed by atoms with E-state index in [0.717, 1.165) is 29.9 Å². The zero-order valence-electron chi connectivity index (χ0n) is 15.7. The normalized spacial score (nSPS) is 12.9. The van der Waals surface area contributed by atoms with Crippen LogP contribution >= 0.6 is 11.6 Å². The van der Waals surface area contributed by atoms with E-state index in [1.54, 1.807) is 7.05 Å². The molecule has 13 heteroatoms. The lowest BCUT2D eigenvalue weighted by atomic mass is 10.1. The Morgan fingerprint density at radius 2 is 1.87 bits per heavy atom. The summed E-state index contributed by atoms with van der Waals surface area (Å²) in [5.41, 5.74) is -1.11. The summed E-state index contributed by atoms with van der Waals surface area (Å²) in [6.07, 6.45) is -3.63. The number of rotatable bonds is 7. The van der Waals surface area contributed by atoms with E-state index in [1.807, 2.05) is 0 Å². The summed E-state index contributed by atoms with van der Waals surface area (Å²) in [5, 5.41) is 8.31. The van der Waals surface area contributed by atoms with E-state index in [2.05, 4.69) is 25.7 Å². The van der Waals surface area contributed by atoms with Gasteiger partial charge in [0.25, 0.3) is 5.78 Å². The predicted octanol–water partition coefficient (Wildman–Crippen LogP) is 3.68. The zero-order chi connectivity index (χ0) is 22.1. The van der Waals surface area contributed by atoms with Gasteiger partial charge in [0.15, 0.2) is 0 Å². The Labute approximate surface area is 172 Å². The van der Waals surface area contributed by atoms with Crippen LogP contribution in [0.1, 0.15) is 6.92 Å². The molecule has 0 bridgehead atoms. The molecule has 0 spiro atoms. The second-order valence-corrected chi connectivity index (χ2v) is 6.58. The fourth-order valence-corrected chi connectivity index (χ4v) is 2.86. The molecule has 162 valence electrons. The minimum absolute atomic E-state index is 0.0897. The molecule has 2 aromatic heterocycles. The second-order valence-electron chi connectivity index (χ2n) is 6.22. The number of alkyl halides is 3. The first kappa shape index (κ1) is 22.0. The van der Waals surface area contributed by atoms with Crippen LogP contribution in [0.5, 0.6) is 5.75 Å². The Balaban J connectivity index is 2.16. The molecule has 1 aromatic carbocycles. The van der Waals surface area contributed by atoms with Gasteiger partial charge < -0.3 is 15.4 Å². The van der Waals surface area contributed by atoms with E-state index >= 15 is 0 Å². The van der Waals surface area contributed by atoms with E-state index in [4.69, 9.17) is 16.3 Å². The smallest absolute Gasteiger partial charge is 0.408 e. The maximum atomic E-state index is 14.8. The molecule has 3 rings (SSSR count). The van der Waals surface area contributed by atoms with Crippen molar-refractivity contribution < 1.29 is 26.7 Å². The van der Waals surface area contributed by atoms with Crippen molar-refractivity contribution in [2.75, 3.05) is 25.5 Å². The highest BCUT2D eigenvalue weighted by Crippen LogP contribution is 2.39. The zero-order valence-corrected chi connectivity index (χ0v) is 16.4. The first-order valence-corrected chi connectivity index (χ1v) is 9.00. The summed E-state index contributed by atoms with van der Waals surface area (Å²) in [6.45, 7) is 1.43. The van der Waals surface area contributed by atoms with E-state index in [-0.39, 0.29) is 18.1 Å². The number of anilines is 1. The SMILES string of the molecule is CNCCOc1cc(F)c(-c2c(Cl)nc3ncnn3c2N[C@H](C)C(F)(F)F)c(F)c1. The van der Waals surface area contributed by atoms with Gasteiger partial charge >= 0.3 is 6.18 Å². The molecular weight excluding hydrogens is 435 g/mol. The highest BCUT2D eigenvalue weighted by Gasteiger charge is 2.37. The lowest BCUT2D eigenvalue weighted by molar-refractivity contribution is -0.138. The number of hydrogen-bond donors (Lipinski definition) is 2. The van der Waals surface area contributed by atoms with Gasteiger partial charge in [0.05, 0.1) is 11.1 Å². The largest absolute Gasteiger partial charge is 0.492 e. The van der Waals surface area contributed by atoms with Crippen LogP contribution in [0, 0.1) is 11.6 Å². The van der Waals surface area contributed by atoms with Crippen LogP contribution in [-0.4, -0.2) is 52.0 Å². The number of aromatic nitrogens is 4. The highest BCUT2D eigenvalue weighted by atomic mass is 35.5. The fourth-order valence-electron chi connectivity index (χ4n) is 2.60. The van der Waals surface area contributed by atoms with Gasteiger partial charge in [-0.15, -0.1) is 0 Å². The Bertz CT molecular complexity index is 1030. The van der Waals surface area contributed by atoms with Crippen LogP contribution in [0.15, 0.2) is 18.5 Å². The lowest BCUT2D eigenvalue weighted by Crippen LogP contribution is -2.34. The summed E-state index contributed by atoms with van der Waals surface area (Å²) in [7, 11) is 1.68. The van der Waals surface area contributed by atoms with Gasteiger partial charge in [0, 0.05) is 18.7 Å². The first-order chi connectivity index (χ1) is 14.1. The molecule has 0 amide bonds. The Kier molecular flexibility index (Phi) is 6.27. The molecule has 0 fully saturated rings. The predicted molar refractivity (Wildman–Crippen MR) is 99.7 cm³/mol. The molecular formula is C17H16ClF5N6O. The summed E-state index contributed by atoms with van der Waals surface area (Å²) in [6, 6.07) is -0.266. The first-order valence-electron chi connectivity index (χ1n) is 8.62. The highest BCUT2D eigenvalue weighted by molar-refractivity contribution is 6.33. The number of hydrogen-bond acceptors (Lipinski definition) is 6. The van der Waals surface area contributed by atoms with Gasteiger partial charge in [-0.25, -0.2) is 8.78 Å². The van der Waals surface area contributed by atoms with Crippen molar-refractivity contribution in [1.82, 2.24) is 24.9 Å². The van der Waals surface area contributed by atoms with E-state index < -0.39 is 46.0 Å². The number of likely N-dealkylation sites (N-methyl/N-ethyl adjacent to an activating group) is 1. The monoisotopic (exact) mass is 450 g/mol. The lowest BCUT2D eigenvalue weighted by Gasteiger charge is -2.21. The Morgan fingerprint density at radius 3 is 2.47 bits per heavy atom. The summed E-state index contributed by atoms with van der Waals surface area (Å²) >= 11 is 6.10. The topological polar surface area (TPSA) is 76.4 Å². The van der Waals surface area contributed by atoms with Crippen molar-refractivity contribution in [2.24, 2.45) is 0 Å². The molecule has 2 heterocycles. The molecule has 2 N–H and O–H groups in total. The van der Waals surface area contributed by atoms with Crippen molar-refractivity contribution in [1.29, 1.82) is 0 Å². The van der Waals surface area contributed by atoms with Gasteiger partial charge in [0.1, 0.15) is 47.3 Å². The van der Waals surface area contributed by atoms with Crippen molar-refractivity contribution in [2.45, 2.75) is 19.1 Å². The fraction of sp³-hybridized carbons (Fsp3) is 0.353. The summed E-state index contributed by atoms with van der Waals surface area (Å²) in [5.74, 6) is -2.84. The van der Waals surface area contributed by atoms with Gasteiger partial charge in [-0.05, 0) is 14.0 Å². The van der Waals surface area contributed by atoms with Crippen molar-refractivity contribution in [3.05, 3.63) is 35.2 Å². The Morgan fingerprint density at radius 1 is 1.20 bits per heavy atom. The van der Waals surface area contributed by atoms with Crippen molar-refractivity contribution in [3.63, 3.8) is 0 Å². The minimum Gasteiger partial charge on any atom is -0.492 e. The molecule has 30 heavy (non-hydrogen) atoms. The van der Waals surface area contributed by atoms with E-state index in [0.29, 0.717) is 6.54 Å². The van der Waals surface area contributed by atoms with Crippen molar-refractivity contribution >= 4 is 23.2 Å². The molecule has 0 unspecified atom stereocenters. The third-order valence-electron chi connectivity index (χ3n) is 4.11. The van der Waals surface area contributed by atoms with Crippen LogP contribution in [-0.2, 0) is 0 Å². The Hall–Kier alpha value is -2.73. The molecule has 0 radical (unpaired) electrons. The third-order valence-corrected chi connectivity index (χ3v) is 4.39. The molecule has 3 aromatic rings. The summed E-state index contributed by atoms with van der Waals surface area (Å²) in [4.78, 5) is 7.63. The molecule has 0 saturated heterocycles. The van der Waals surface area contributed by atoms with Crippen LogP contribution in [0.2, 0.25) is 5.15 Å². The van der Waals surface area contributed by atoms with Gasteiger partial charge in [-0.1, -0.05) is 11.6 Å². The number of fused-ring (bicyclic) bond motifs is 1. The average Bonchev–Trinajstić information content (AvgIpc) is 3.10. The van der Waals surface area contributed by atoms with Crippen molar-refractivity contribution in [3.8, 4) is 16.9 Å². The molecule has 0 aliphatic carbocycles. The molecule has 0 aliphatic rings. The number of benzene rings is 1. The van der Waals surface area contributed by atoms with Gasteiger partial charge in [-0.3, -0.25) is 0 Å². The molecule has 7 nitrogen and oxygen atoms in total. The van der Waals surface area contributed by atoms with Crippen LogP contribution in [0.3, 0.4) is 0 Å².